The molecule has 2 heteroatoms. The van der Waals surface area contributed by atoms with Gasteiger partial charge in [0.15, 0.2) is 0 Å². The third kappa shape index (κ3) is 8.10. The fourth-order valence-electron chi connectivity index (χ4n) is 2.72. The van der Waals surface area contributed by atoms with Crippen LogP contribution in [0.1, 0.15) is 67.2 Å². The SMILES string of the molecule is CCCN(CCC)CC(C)(CCC)CNC(C)C. The van der Waals surface area contributed by atoms with Crippen LogP contribution in [-0.2, 0) is 0 Å². The van der Waals surface area contributed by atoms with Crippen LogP contribution < -0.4 is 5.32 Å². The summed E-state index contributed by atoms with van der Waals surface area (Å²) in [6.45, 7) is 18.7. The quantitative estimate of drug-likeness (QED) is 0.603. The topological polar surface area (TPSA) is 15.3 Å². The Morgan fingerprint density at radius 2 is 1.56 bits per heavy atom. The molecule has 0 spiro atoms. The summed E-state index contributed by atoms with van der Waals surface area (Å²) in [5.41, 5.74) is 0.420. The first-order valence-electron chi connectivity index (χ1n) is 7.93. The first kappa shape index (κ1) is 17.9. The lowest BCUT2D eigenvalue weighted by Gasteiger charge is -2.36. The Kier molecular flexibility index (Phi) is 9.76. The van der Waals surface area contributed by atoms with Crippen LogP contribution in [0.4, 0.5) is 0 Å². The van der Waals surface area contributed by atoms with Crippen LogP contribution in [0.25, 0.3) is 0 Å². The van der Waals surface area contributed by atoms with Crippen LogP contribution >= 0.6 is 0 Å². The molecule has 0 aromatic heterocycles. The Bertz CT molecular complexity index is 186. The molecule has 0 bridgehead atoms. The second-order valence-electron chi connectivity index (χ2n) is 6.37. The monoisotopic (exact) mass is 256 g/mol. The van der Waals surface area contributed by atoms with Gasteiger partial charge < -0.3 is 10.2 Å². The van der Waals surface area contributed by atoms with E-state index in [0.29, 0.717) is 11.5 Å². The van der Waals surface area contributed by atoms with E-state index < -0.39 is 0 Å². The summed E-state index contributed by atoms with van der Waals surface area (Å²) in [5.74, 6) is 0. The van der Waals surface area contributed by atoms with Crippen molar-refractivity contribution in [3.8, 4) is 0 Å². The van der Waals surface area contributed by atoms with E-state index in [0.717, 1.165) is 6.54 Å². The fourth-order valence-corrected chi connectivity index (χ4v) is 2.72. The van der Waals surface area contributed by atoms with Crippen molar-refractivity contribution in [2.24, 2.45) is 5.41 Å². The largest absolute Gasteiger partial charge is 0.314 e. The average Bonchev–Trinajstić information content (AvgIpc) is 2.27. The Morgan fingerprint density at radius 1 is 1.00 bits per heavy atom. The van der Waals surface area contributed by atoms with Gasteiger partial charge in [-0.3, -0.25) is 0 Å². The molecule has 18 heavy (non-hydrogen) atoms. The Morgan fingerprint density at radius 3 is 1.94 bits per heavy atom. The number of rotatable bonds is 11. The molecule has 0 aliphatic carbocycles. The maximum Gasteiger partial charge on any atom is 0.00475 e. The fraction of sp³-hybridized carbons (Fsp3) is 1.00. The highest BCUT2D eigenvalue weighted by Crippen LogP contribution is 2.24. The van der Waals surface area contributed by atoms with E-state index in [1.165, 1.54) is 45.3 Å². The molecule has 0 aromatic rings. The molecule has 1 atom stereocenters. The van der Waals surface area contributed by atoms with Crippen molar-refractivity contribution in [1.29, 1.82) is 0 Å². The van der Waals surface area contributed by atoms with Gasteiger partial charge in [0.2, 0.25) is 0 Å². The van der Waals surface area contributed by atoms with Gasteiger partial charge in [0, 0.05) is 19.1 Å². The predicted octanol–water partition coefficient (Wildman–Crippen LogP) is 3.91. The second-order valence-corrected chi connectivity index (χ2v) is 6.37. The maximum absolute atomic E-state index is 3.63. The van der Waals surface area contributed by atoms with Crippen LogP contribution in [0, 0.1) is 5.41 Å². The first-order chi connectivity index (χ1) is 8.47. The molecule has 0 saturated heterocycles. The van der Waals surface area contributed by atoms with Gasteiger partial charge in [-0.25, -0.2) is 0 Å². The first-order valence-corrected chi connectivity index (χ1v) is 7.93. The molecule has 0 rings (SSSR count). The van der Waals surface area contributed by atoms with Crippen molar-refractivity contribution < 1.29 is 0 Å². The molecule has 110 valence electrons. The molecule has 0 aliphatic rings. The van der Waals surface area contributed by atoms with Crippen LogP contribution in [-0.4, -0.2) is 37.1 Å². The van der Waals surface area contributed by atoms with Crippen molar-refractivity contribution in [3.05, 3.63) is 0 Å². The molecule has 1 unspecified atom stereocenters. The summed E-state index contributed by atoms with van der Waals surface area (Å²) in [6.07, 6.45) is 5.12. The summed E-state index contributed by atoms with van der Waals surface area (Å²) in [7, 11) is 0. The molecule has 0 saturated carbocycles. The molecule has 0 aliphatic heterocycles. The molecule has 1 N–H and O–H groups in total. The Labute approximate surface area is 116 Å². The lowest BCUT2D eigenvalue weighted by atomic mass is 9.84. The Hall–Kier alpha value is -0.0800. The molecule has 0 aromatic carbocycles. The van der Waals surface area contributed by atoms with Crippen molar-refractivity contribution in [3.63, 3.8) is 0 Å². The minimum Gasteiger partial charge on any atom is -0.314 e. The van der Waals surface area contributed by atoms with Crippen molar-refractivity contribution in [1.82, 2.24) is 10.2 Å². The maximum atomic E-state index is 3.63. The molecule has 0 heterocycles. The molecular weight excluding hydrogens is 220 g/mol. The van der Waals surface area contributed by atoms with Gasteiger partial charge in [0.1, 0.15) is 0 Å². The van der Waals surface area contributed by atoms with E-state index in [2.05, 4.69) is 51.8 Å². The van der Waals surface area contributed by atoms with Crippen molar-refractivity contribution in [2.45, 2.75) is 73.3 Å². The van der Waals surface area contributed by atoms with Crippen LogP contribution in [0.3, 0.4) is 0 Å². The van der Waals surface area contributed by atoms with E-state index >= 15 is 0 Å². The number of nitrogens with zero attached hydrogens (tertiary/aromatic N) is 1. The number of hydrogen-bond donors (Lipinski definition) is 1. The highest BCUT2D eigenvalue weighted by Gasteiger charge is 2.25. The van der Waals surface area contributed by atoms with E-state index in [1.54, 1.807) is 0 Å². The number of hydrogen-bond acceptors (Lipinski definition) is 2. The predicted molar refractivity (Wildman–Crippen MR) is 83.2 cm³/mol. The summed E-state index contributed by atoms with van der Waals surface area (Å²) in [5, 5.41) is 3.63. The Balaban J connectivity index is 4.43. The molecular formula is C16H36N2. The minimum atomic E-state index is 0.420. The van der Waals surface area contributed by atoms with Crippen molar-refractivity contribution >= 4 is 0 Å². The van der Waals surface area contributed by atoms with Gasteiger partial charge in [-0.05, 0) is 37.8 Å². The van der Waals surface area contributed by atoms with Gasteiger partial charge >= 0.3 is 0 Å². The molecule has 0 fully saturated rings. The zero-order chi connectivity index (χ0) is 14.0. The van der Waals surface area contributed by atoms with E-state index in [-0.39, 0.29) is 0 Å². The average molecular weight is 256 g/mol. The highest BCUT2D eigenvalue weighted by molar-refractivity contribution is 4.81. The van der Waals surface area contributed by atoms with Gasteiger partial charge in [0.25, 0.3) is 0 Å². The third-order valence-electron chi connectivity index (χ3n) is 3.48. The zero-order valence-electron chi connectivity index (χ0n) is 13.7. The highest BCUT2D eigenvalue weighted by atomic mass is 15.1. The smallest absolute Gasteiger partial charge is 0.00475 e. The zero-order valence-corrected chi connectivity index (χ0v) is 13.7. The van der Waals surface area contributed by atoms with Crippen LogP contribution in [0.15, 0.2) is 0 Å². The van der Waals surface area contributed by atoms with Gasteiger partial charge in [0.05, 0.1) is 0 Å². The summed E-state index contributed by atoms with van der Waals surface area (Å²) in [6, 6.07) is 0.590. The standard InChI is InChI=1S/C16H36N2/c1-7-10-16(6,13-17-15(4)5)14-18(11-8-2)12-9-3/h15,17H,7-14H2,1-6H3. The molecule has 2 nitrogen and oxygen atoms in total. The van der Waals surface area contributed by atoms with E-state index in [9.17, 15) is 0 Å². The summed E-state index contributed by atoms with van der Waals surface area (Å²) < 4.78 is 0. The van der Waals surface area contributed by atoms with Crippen LogP contribution in [0.5, 0.6) is 0 Å². The molecule has 0 amide bonds. The lowest BCUT2D eigenvalue weighted by molar-refractivity contribution is 0.147. The van der Waals surface area contributed by atoms with Crippen molar-refractivity contribution in [2.75, 3.05) is 26.2 Å². The summed E-state index contributed by atoms with van der Waals surface area (Å²) >= 11 is 0. The van der Waals surface area contributed by atoms with Gasteiger partial charge in [-0.2, -0.15) is 0 Å². The minimum absolute atomic E-state index is 0.420. The summed E-state index contributed by atoms with van der Waals surface area (Å²) in [4.78, 5) is 2.65. The third-order valence-corrected chi connectivity index (χ3v) is 3.48. The number of nitrogens with one attached hydrogen (secondary N) is 1. The molecule has 0 radical (unpaired) electrons. The normalized spacial score (nSPS) is 15.3. The lowest BCUT2D eigenvalue weighted by Crippen LogP contribution is -2.44. The van der Waals surface area contributed by atoms with Gasteiger partial charge in [-0.1, -0.05) is 48.0 Å². The van der Waals surface area contributed by atoms with E-state index in [4.69, 9.17) is 0 Å². The van der Waals surface area contributed by atoms with Crippen LogP contribution in [0.2, 0.25) is 0 Å². The second kappa shape index (κ2) is 9.80. The van der Waals surface area contributed by atoms with E-state index in [1.807, 2.05) is 0 Å². The van der Waals surface area contributed by atoms with Gasteiger partial charge in [-0.15, -0.1) is 0 Å².